The molecule has 1 fully saturated rings. The van der Waals surface area contributed by atoms with Crippen LogP contribution in [-0.2, 0) is 0 Å². The van der Waals surface area contributed by atoms with E-state index in [2.05, 4.69) is 27.5 Å². The molecule has 0 amide bonds. The number of nitrogens with one attached hydrogen (secondary N) is 2. The summed E-state index contributed by atoms with van der Waals surface area (Å²) in [6.45, 7) is 2.94. The molecule has 1 aromatic heterocycles. The van der Waals surface area contributed by atoms with Gasteiger partial charge in [-0.25, -0.2) is 0 Å². The molecule has 0 radical (unpaired) electrons. The molecule has 0 saturated heterocycles. The van der Waals surface area contributed by atoms with Crippen molar-refractivity contribution < 1.29 is 5.11 Å². The molecule has 6 nitrogen and oxygen atoms in total. The Morgan fingerprint density at radius 3 is 2.80 bits per heavy atom. The lowest BCUT2D eigenvalue weighted by atomic mass is 10.1. The van der Waals surface area contributed by atoms with Gasteiger partial charge in [0.2, 0.25) is 5.95 Å². The SMILES string of the molecule is CCCNc1cc(NC2CCCCCC2O)nc(N)n1. The topological polar surface area (TPSA) is 96.1 Å². The van der Waals surface area contributed by atoms with E-state index in [0.717, 1.165) is 44.5 Å². The van der Waals surface area contributed by atoms with Crippen molar-refractivity contribution in [2.24, 2.45) is 0 Å². The summed E-state index contributed by atoms with van der Waals surface area (Å²) in [6.07, 6.45) is 5.92. The van der Waals surface area contributed by atoms with Crippen molar-refractivity contribution >= 4 is 17.6 Å². The maximum absolute atomic E-state index is 10.1. The first kappa shape index (κ1) is 14.8. The molecular formula is C14H25N5O. The van der Waals surface area contributed by atoms with E-state index in [0.29, 0.717) is 5.82 Å². The summed E-state index contributed by atoms with van der Waals surface area (Å²) < 4.78 is 0. The maximum atomic E-state index is 10.1. The Kier molecular flexibility index (Phi) is 5.40. The Hall–Kier alpha value is -1.56. The van der Waals surface area contributed by atoms with Crippen molar-refractivity contribution in [3.8, 4) is 0 Å². The highest BCUT2D eigenvalue weighted by molar-refractivity contribution is 5.51. The first-order chi connectivity index (χ1) is 9.69. The van der Waals surface area contributed by atoms with Gasteiger partial charge in [0.05, 0.1) is 12.1 Å². The highest BCUT2D eigenvalue weighted by Crippen LogP contribution is 2.22. The number of nitrogen functional groups attached to an aromatic ring is 1. The largest absolute Gasteiger partial charge is 0.391 e. The van der Waals surface area contributed by atoms with Crippen LogP contribution in [0.3, 0.4) is 0 Å². The summed E-state index contributed by atoms with van der Waals surface area (Å²) in [6, 6.07) is 1.90. The monoisotopic (exact) mass is 279 g/mol. The first-order valence-electron chi connectivity index (χ1n) is 7.52. The van der Waals surface area contributed by atoms with Gasteiger partial charge in [0.1, 0.15) is 11.6 Å². The summed E-state index contributed by atoms with van der Waals surface area (Å²) in [4.78, 5) is 8.36. The minimum atomic E-state index is -0.319. The van der Waals surface area contributed by atoms with Crippen molar-refractivity contribution in [3.63, 3.8) is 0 Å². The number of aliphatic hydroxyl groups excluding tert-OH is 1. The van der Waals surface area contributed by atoms with Crippen molar-refractivity contribution in [1.82, 2.24) is 9.97 Å². The van der Waals surface area contributed by atoms with Gasteiger partial charge in [-0.2, -0.15) is 9.97 Å². The Morgan fingerprint density at radius 2 is 2.00 bits per heavy atom. The first-order valence-corrected chi connectivity index (χ1v) is 7.52. The molecule has 1 aliphatic rings. The molecule has 6 heteroatoms. The van der Waals surface area contributed by atoms with Crippen LogP contribution in [0.25, 0.3) is 0 Å². The summed E-state index contributed by atoms with van der Waals surface area (Å²) in [5.74, 6) is 1.66. The lowest BCUT2D eigenvalue weighted by Gasteiger charge is -2.22. The second kappa shape index (κ2) is 7.28. The molecule has 1 heterocycles. The van der Waals surface area contributed by atoms with Crippen molar-refractivity contribution in [3.05, 3.63) is 6.07 Å². The van der Waals surface area contributed by atoms with Gasteiger partial charge < -0.3 is 21.5 Å². The van der Waals surface area contributed by atoms with E-state index < -0.39 is 0 Å². The standard InChI is InChI=1S/C14H25N5O/c1-2-8-16-12-9-13(19-14(15)18-12)17-10-6-4-3-5-7-11(10)20/h9-11,20H,2-8H2,1H3,(H4,15,16,17,18,19). The Morgan fingerprint density at radius 1 is 1.25 bits per heavy atom. The van der Waals surface area contributed by atoms with E-state index in [1.54, 1.807) is 0 Å². The number of rotatable bonds is 5. The molecule has 1 saturated carbocycles. The number of nitrogens with two attached hydrogens (primary N) is 1. The number of nitrogens with zero attached hydrogens (tertiary/aromatic N) is 2. The average Bonchev–Trinajstić information content (AvgIpc) is 2.61. The number of hydrogen-bond donors (Lipinski definition) is 4. The van der Waals surface area contributed by atoms with Gasteiger partial charge in [-0.15, -0.1) is 0 Å². The highest BCUT2D eigenvalue weighted by Gasteiger charge is 2.22. The van der Waals surface area contributed by atoms with E-state index in [-0.39, 0.29) is 18.1 Å². The van der Waals surface area contributed by atoms with E-state index in [1.807, 2.05) is 6.07 Å². The Bertz CT molecular complexity index is 426. The minimum absolute atomic E-state index is 0.0471. The fraction of sp³-hybridized carbons (Fsp3) is 0.714. The van der Waals surface area contributed by atoms with Gasteiger partial charge >= 0.3 is 0 Å². The van der Waals surface area contributed by atoms with Gasteiger partial charge in [0.25, 0.3) is 0 Å². The molecule has 2 atom stereocenters. The van der Waals surface area contributed by atoms with Crippen LogP contribution in [0.2, 0.25) is 0 Å². The molecule has 1 aliphatic carbocycles. The van der Waals surface area contributed by atoms with Crippen LogP contribution < -0.4 is 16.4 Å². The molecular weight excluding hydrogens is 254 g/mol. The number of hydrogen-bond acceptors (Lipinski definition) is 6. The number of anilines is 3. The molecule has 112 valence electrons. The fourth-order valence-electron chi connectivity index (χ4n) is 2.53. The predicted octanol–water partition coefficient (Wildman–Crippen LogP) is 1.99. The summed E-state index contributed by atoms with van der Waals surface area (Å²) >= 11 is 0. The highest BCUT2D eigenvalue weighted by atomic mass is 16.3. The van der Waals surface area contributed by atoms with Crippen LogP contribution in [0.4, 0.5) is 17.6 Å². The van der Waals surface area contributed by atoms with Crippen LogP contribution in [-0.4, -0.2) is 33.8 Å². The Labute approximate surface area is 120 Å². The average molecular weight is 279 g/mol. The second-order valence-electron chi connectivity index (χ2n) is 5.38. The van der Waals surface area contributed by atoms with Gasteiger partial charge in [0.15, 0.2) is 0 Å². The molecule has 1 aromatic rings. The van der Waals surface area contributed by atoms with Crippen molar-refractivity contribution in [1.29, 1.82) is 0 Å². The lowest BCUT2D eigenvalue weighted by molar-refractivity contribution is 0.144. The smallest absolute Gasteiger partial charge is 0.223 e. The van der Waals surface area contributed by atoms with Crippen LogP contribution in [0.1, 0.15) is 45.4 Å². The van der Waals surface area contributed by atoms with E-state index in [9.17, 15) is 5.11 Å². The number of aliphatic hydroxyl groups is 1. The predicted molar refractivity (Wildman–Crippen MR) is 81.7 cm³/mol. The Balaban J connectivity index is 2.05. The zero-order chi connectivity index (χ0) is 14.4. The quantitative estimate of drug-likeness (QED) is 0.616. The molecule has 5 N–H and O–H groups in total. The van der Waals surface area contributed by atoms with E-state index in [4.69, 9.17) is 5.73 Å². The third-order valence-electron chi connectivity index (χ3n) is 3.61. The van der Waals surface area contributed by atoms with Crippen LogP contribution >= 0.6 is 0 Å². The molecule has 0 spiro atoms. The zero-order valence-corrected chi connectivity index (χ0v) is 12.1. The summed E-state index contributed by atoms with van der Waals surface area (Å²) in [5, 5.41) is 16.6. The maximum Gasteiger partial charge on any atom is 0.223 e. The second-order valence-corrected chi connectivity index (χ2v) is 5.38. The minimum Gasteiger partial charge on any atom is -0.391 e. The van der Waals surface area contributed by atoms with Crippen molar-refractivity contribution in [2.75, 3.05) is 22.9 Å². The van der Waals surface area contributed by atoms with E-state index in [1.165, 1.54) is 6.42 Å². The van der Waals surface area contributed by atoms with Gasteiger partial charge in [-0.1, -0.05) is 26.2 Å². The van der Waals surface area contributed by atoms with Gasteiger partial charge in [-0.3, -0.25) is 0 Å². The molecule has 0 aliphatic heterocycles. The summed E-state index contributed by atoms with van der Waals surface area (Å²) in [5.41, 5.74) is 5.74. The van der Waals surface area contributed by atoms with Crippen molar-refractivity contribution in [2.45, 2.75) is 57.6 Å². The van der Waals surface area contributed by atoms with Crippen LogP contribution in [0.15, 0.2) is 6.07 Å². The zero-order valence-electron chi connectivity index (χ0n) is 12.1. The number of aromatic nitrogens is 2. The molecule has 2 rings (SSSR count). The lowest BCUT2D eigenvalue weighted by Crippen LogP contribution is -2.32. The van der Waals surface area contributed by atoms with Gasteiger partial charge in [0, 0.05) is 12.6 Å². The van der Waals surface area contributed by atoms with Crippen LogP contribution in [0, 0.1) is 0 Å². The molecule has 0 aromatic carbocycles. The fourth-order valence-corrected chi connectivity index (χ4v) is 2.53. The molecule has 2 unspecified atom stereocenters. The van der Waals surface area contributed by atoms with E-state index >= 15 is 0 Å². The molecule has 20 heavy (non-hydrogen) atoms. The van der Waals surface area contributed by atoms with Crippen LogP contribution in [0.5, 0.6) is 0 Å². The third kappa shape index (κ3) is 4.23. The molecule has 0 bridgehead atoms. The third-order valence-corrected chi connectivity index (χ3v) is 3.61. The summed E-state index contributed by atoms with van der Waals surface area (Å²) in [7, 11) is 0. The van der Waals surface area contributed by atoms with Gasteiger partial charge in [-0.05, 0) is 19.3 Å². The normalized spacial score (nSPS) is 23.1.